The number of halogens is 1. The highest BCUT2D eigenvalue weighted by Crippen LogP contribution is 2.19. The van der Waals surface area contributed by atoms with Gasteiger partial charge in [-0.1, -0.05) is 44.2 Å². The molecule has 0 radical (unpaired) electrons. The van der Waals surface area contributed by atoms with Crippen molar-refractivity contribution in [3.05, 3.63) is 65.0 Å². The third kappa shape index (κ3) is 5.59. The van der Waals surface area contributed by atoms with Crippen LogP contribution in [0.5, 0.6) is 5.75 Å². The molecule has 1 amide bonds. The van der Waals surface area contributed by atoms with Crippen molar-refractivity contribution >= 4 is 5.91 Å². The summed E-state index contributed by atoms with van der Waals surface area (Å²) in [7, 11) is 1.42. The van der Waals surface area contributed by atoms with Crippen molar-refractivity contribution in [3.63, 3.8) is 0 Å². The molecule has 0 aliphatic heterocycles. The lowest BCUT2D eigenvalue weighted by atomic mass is 10.00. The van der Waals surface area contributed by atoms with Crippen LogP contribution in [0, 0.1) is 11.7 Å². The Balaban J connectivity index is 1.94. The average molecular weight is 343 g/mol. The Morgan fingerprint density at radius 2 is 1.72 bits per heavy atom. The number of ether oxygens (including phenoxy) is 1. The van der Waals surface area contributed by atoms with Crippen LogP contribution in [0.4, 0.5) is 4.39 Å². The minimum absolute atomic E-state index is 0.0938. The number of carbonyl (C=O) groups is 1. The Labute approximate surface area is 149 Å². The van der Waals surface area contributed by atoms with Crippen LogP contribution in [-0.4, -0.2) is 13.0 Å². The molecule has 4 heteroatoms. The van der Waals surface area contributed by atoms with Crippen LogP contribution in [0.3, 0.4) is 0 Å². The van der Waals surface area contributed by atoms with E-state index in [2.05, 4.69) is 43.4 Å². The van der Waals surface area contributed by atoms with Gasteiger partial charge in [-0.3, -0.25) is 4.79 Å². The predicted octanol–water partition coefficient (Wildman–Crippen LogP) is 4.45. The molecule has 2 rings (SSSR count). The first kappa shape index (κ1) is 19.0. The summed E-state index contributed by atoms with van der Waals surface area (Å²) in [5, 5.41) is 2.96. The minimum Gasteiger partial charge on any atom is -0.494 e. The molecule has 0 spiro atoms. The largest absolute Gasteiger partial charge is 0.494 e. The Kier molecular flexibility index (Phi) is 6.57. The van der Waals surface area contributed by atoms with Gasteiger partial charge in [-0.15, -0.1) is 0 Å². The second kappa shape index (κ2) is 8.65. The second-order valence-corrected chi connectivity index (χ2v) is 6.77. The molecule has 2 aromatic carbocycles. The van der Waals surface area contributed by atoms with Crippen molar-refractivity contribution in [3.8, 4) is 5.75 Å². The number of methoxy groups -OCH3 is 1. The van der Waals surface area contributed by atoms with E-state index in [1.54, 1.807) is 6.07 Å². The van der Waals surface area contributed by atoms with Crippen molar-refractivity contribution in [2.75, 3.05) is 7.11 Å². The van der Waals surface area contributed by atoms with E-state index in [9.17, 15) is 9.18 Å². The number of hydrogen-bond donors (Lipinski definition) is 1. The van der Waals surface area contributed by atoms with Gasteiger partial charge in [-0.2, -0.15) is 0 Å². The van der Waals surface area contributed by atoms with Crippen LogP contribution in [-0.2, 0) is 17.6 Å². The van der Waals surface area contributed by atoms with Gasteiger partial charge < -0.3 is 10.1 Å². The lowest BCUT2D eigenvalue weighted by molar-refractivity contribution is -0.121. The Bertz CT molecular complexity index is 710. The first-order valence-corrected chi connectivity index (χ1v) is 8.59. The molecule has 0 aliphatic carbocycles. The van der Waals surface area contributed by atoms with Crippen LogP contribution in [0.2, 0.25) is 0 Å². The molecule has 3 nitrogen and oxygen atoms in total. The van der Waals surface area contributed by atoms with E-state index in [4.69, 9.17) is 4.74 Å². The first-order valence-electron chi connectivity index (χ1n) is 8.59. The molecule has 0 fully saturated rings. The number of amides is 1. The highest BCUT2D eigenvalue weighted by molar-refractivity contribution is 5.79. The minimum atomic E-state index is -0.457. The van der Waals surface area contributed by atoms with Crippen molar-refractivity contribution in [1.29, 1.82) is 0 Å². The molecule has 0 heterocycles. The van der Waals surface area contributed by atoms with Gasteiger partial charge in [0.2, 0.25) is 5.91 Å². The molecule has 0 aliphatic rings. The van der Waals surface area contributed by atoms with Gasteiger partial charge in [-0.05, 0) is 48.1 Å². The Morgan fingerprint density at radius 3 is 2.28 bits per heavy atom. The van der Waals surface area contributed by atoms with Gasteiger partial charge in [0.15, 0.2) is 11.6 Å². The smallest absolute Gasteiger partial charge is 0.224 e. The zero-order valence-electron chi connectivity index (χ0n) is 15.3. The average Bonchev–Trinajstić information content (AvgIpc) is 2.55. The van der Waals surface area contributed by atoms with E-state index in [0.29, 0.717) is 11.5 Å². The lowest BCUT2D eigenvalue weighted by Crippen LogP contribution is -2.28. The molecule has 0 aromatic heterocycles. The molecular weight excluding hydrogens is 317 g/mol. The highest BCUT2D eigenvalue weighted by Gasteiger charge is 2.12. The molecule has 134 valence electrons. The third-order valence-electron chi connectivity index (χ3n) is 4.08. The molecule has 25 heavy (non-hydrogen) atoms. The lowest BCUT2D eigenvalue weighted by Gasteiger charge is -2.15. The summed E-state index contributed by atoms with van der Waals surface area (Å²) in [4.78, 5) is 12.2. The fourth-order valence-corrected chi connectivity index (χ4v) is 2.79. The Morgan fingerprint density at radius 1 is 1.08 bits per heavy atom. The standard InChI is InChI=1S/C21H26FNO2/c1-14(2)11-16-5-8-18(9-6-16)15(3)23-21(24)13-17-7-10-20(25-4)19(22)12-17/h5-10,12,14-15H,11,13H2,1-4H3,(H,23,24). The highest BCUT2D eigenvalue weighted by atomic mass is 19.1. The van der Waals surface area contributed by atoms with E-state index >= 15 is 0 Å². The van der Waals surface area contributed by atoms with Crippen LogP contribution in [0.25, 0.3) is 0 Å². The number of rotatable bonds is 7. The summed E-state index contributed by atoms with van der Waals surface area (Å²) in [5.74, 6) is 0.205. The van der Waals surface area contributed by atoms with Crippen LogP contribution in [0.1, 0.15) is 43.5 Å². The molecule has 0 saturated heterocycles. The quantitative estimate of drug-likeness (QED) is 0.806. The molecular formula is C21H26FNO2. The monoisotopic (exact) mass is 343 g/mol. The molecule has 1 atom stereocenters. The van der Waals surface area contributed by atoms with Crippen molar-refractivity contribution in [1.82, 2.24) is 5.32 Å². The van der Waals surface area contributed by atoms with Gasteiger partial charge in [-0.25, -0.2) is 4.39 Å². The fraction of sp³-hybridized carbons (Fsp3) is 0.381. The van der Waals surface area contributed by atoms with E-state index < -0.39 is 5.82 Å². The predicted molar refractivity (Wildman–Crippen MR) is 98.2 cm³/mol. The summed E-state index contributed by atoms with van der Waals surface area (Å²) in [5.41, 5.74) is 2.98. The van der Waals surface area contributed by atoms with Crippen molar-refractivity contribution in [2.24, 2.45) is 5.92 Å². The van der Waals surface area contributed by atoms with E-state index in [-0.39, 0.29) is 24.1 Å². The van der Waals surface area contributed by atoms with Crippen molar-refractivity contribution in [2.45, 2.75) is 39.7 Å². The maximum absolute atomic E-state index is 13.7. The second-order valence-electron chi connectivity index (χ2n) is 6.77. The van der Waals surface area contributed by atoms with Crippen LogP contribution >= 0.6 is 0 Å². The molecule has 1 unspecified atom stereocenters. The summed E-state index contributed by atoms with van der Waals surface area (Å²) in [6, 6.07) is 12.8. The Hall–Kier alpha value is -2.36. The van der Waals surface area contributed by atoms with E-state index in [1.807, 2.05) is 6.92 Å². The van der Waals surface area contributed by atoms with Gasteiger partial charge in [0.05, 0.1) is 19.6 Å². The topological polar surface area (TPSA) is 38.3 Å². The summed E-state index contributed by atoms with van der Waals surface area (Å²) < 4.78 is 18.6. The molecule has 2 aromatic rings. The van der Waals surface area contributed by atoms with Crippen LogP contribution in [0.15, 0.2) is 42.5 Å². The maximum Gasteiger partial charge on any atom is 0.224 e. The molecule has 1 N–H and O–H groups in total. The van der Waals surface area contributed by atoms with Crippen LogP contribution < -0.4 is 10.1 Å². The van der Waals surface area contributed by atoms with E-state index in [0.717, 1.165) is 12.0 Å². The summed E-state index contributed by atoms with van der Waals surface area (Å²) >= 11 is 0. The zero-order chi connectivity index (χ0) is 18.4. The first-order chi connectivity index (χ1) is 11.9. The number of nitrogens with one attached hydrogen (secondary N) is 1. The zero-order valence-corrected chi connectivity index (χ0v) is 15.3. The fourth-order valence-electron chi connectivity index (χ4n) is 2.79. The van der Waals surface area contributed by atoms with Gasteiger partial charge in [0.1, 0.15) is 0 Å². The normalized spacial score (nSPS) is 12.1. The van der Waals surface area contributed by atoms with Gasteiger partial charge in [0.25, 0.3) is 0 Å². The third-order valence-corrected chi connectivity index (χ3v) is 4.08. The summed E-state index contributed by atoms with van der Waals surface area (Å²) in [6.07, 6.45) is 1.18. The number of hydrogen-bond acceptors (Lipinski definition) is 2. The van der Waals surface area contributed by atoms with Crippen molar-refractivity contribution < 1.29 is 13.9 Å². The SMILES string of the molecule is COc1ccc(CC(=O)NC(C)c2ccc(CC(C)C)cc2)cc1F. The summed E-state index contributed by atoms with van der Waals surface area (Å²) in [6.45, 7) is 6.33. The van der Waals surface area contributed by atoms with E-state index in [1.165, 1.54) is 24.8 Å². The number of carbonyl (C=O) groups excluding carboxylic acids is 1. The molecule has 0 bridgehead atoms. The molecule has 0 saturated carbocycles. The maximum atomic E-state index is 13.7. The van der Waals surface area contributed by atoms with Gasteiger partial charge in [0, 0.05) is 0 Å². The van der Waals surface area contributed by atoms with Gasteiger partial charge >= 0.3 is 0 Å². The number of benzene rings is 2.